The molecular weight excluding hydrogens is 366 g/mol. The van der Waals surface area contributed by atoms with Crippen molar-refractivity contribution in [3.63, 3.8) is 0 Å². The summed E-state index contributed by atoms with van der Waals surface area (Å²) < 4.78 is 7.43. The van der Waals surface area contributed by atoms with Crippen molar-refractivity contribution in [1.29, 1.82) is 0 Å². The minimum Gasteiger partial charge on any atom is -0.361 e. The first-order valence-corrected chi connectivity index (χ1v) is 9.77. The molecule has 0 radical (unpaired) electrons. The summed E-state index contributed by atoms with van der Waals surface area (Å²) in [6.45, 7) is 5.15. The van der Waals surface area contributed by atoms with Gasteiger partial charge in [0.25, 0.3) is 5.91 Å². The monoisotopic (exact) mass is 387 g/mol. The second-order valence-electron chi connectivity index (χ2n) is 7.41. The summed E-state index contributed by atoms with van der Waals surface area (Å²) in [5.41, 5.74) is 3.55. The van der Waals surface area contributed by atoms with Gasteiger partial charge in [0.1, 0.15) is 11.6 Å². The Hall–Kier alpha value is -3.48. The molecule has 146 valence electrons. The van der Waals surface area contributed by atoms with Crippen LogP contribution in [0.15, 0.2) is 40.9 Å². The molecule has 2 aromatic carbocycles. The van der Waals surface area contributed by atoms with Crippen molar-refractivity contribution in [2.45, 2.75) is 39.8 Å². The molecule has 1 amide bonds. The van der Waals surface area contributed by atoms with Crippen molar-refractivity contribution >= 4 is 16.7 Å². The Balaban J connectivity index is 1.42. The number of benzene rings is 2. The van der Waals surface area contributed by atoms with Crippen LogP contribution in [0.25, 0.3) is 21.9 Å². The van der Waals surface area contributed by atoms with Gasteiger partial charge in [-0.15, -0.1) is 10.2 Å². The standard InChI is InChI=1S/C22H21N5O2/c1-13-21(14(2)29-26-13)18-6-3-5-15-11-16(8-9-17(15)18)22(28)23-12-20-25-24-19-7-4-10-27(19)20/h3,5-6,8-9,11H,4,7,10,12H2,1-2H3,(H,23,28). The summed E-state index contributed by atoms with van der Waals surface area (Å²) in [6.07, 6.45) is 2.04. The van der Waals surface area contributed by atoms with E-state index in [1.807, 2.05) is 44.2 Å². The van der Waals surface area contributed by atoms with E-state index in [0.29, 0.717) is 12.1 Å². The van der Waals surface area contributed by atoms with Crippen molar-refractivity contribution in [2.24, 2.45) is 0 Å². The van der Waals surface area contributed by atoms with Crippen LogP contribution in [0.3, 0.4) is 0 Å². The average Bonchev–Trinajstić information content (AvgIpc) is 3.42. The highest BCUT2D eigenvalue weighted by Crippen LogP contribution is 2.33. The molecule has 2 aromatic heterocycles. The van der Waals surface area contributed by atoms with E-state index in [4.69, 9.17) is 4.52 Å². The number of rotatable bonds is 4. The molecule has 4 aromatic rings. The van der Waals surface area contributed by atoms with Crippen molar-refractivity contribution in [3.05, 3.63) is 65.1 Å². The third-order valence-electron chi connectivity index (χ3n) is 5.54. The fourth-order valence-electron chi connectivity index (χ4n) is 4.11. The quantitative estimate of drug-likeness (QED) is 0.578. The number of amides is 1. The molecule has 0 saturated carbocycles. The van der Waals surface area contributed by atoms with Gasteiger partial charge in [0, 0.05) is 24.1 Å². The van der Waals surface area contributed by atoms with Gasteiger partial charge in [-0.3, -0.25) is 4.79 Å². The molecule has 7 heteroatoms. The highest BCUT2D eigenvalue weighted by Gasteiger charge is 2.18. The Morgan fingerprint density at radius 3 is 2.93 bits per heavy atom. The van der Waals surface area contributed by atoms with Gasteiger partial charge in [-0.1, -0.05) is 29.4 Å². The number of hydrogen-bond acceptors (Lipinski definition) is 5. The van der Waals surface area contributed by atoms with Gasteiger partial charge in [-0.2, -0.15) is 0 Å². The van der Waals surface area contributed by atoms with Crippen LogP contribution in [-0.2, 0) is 19.5 Å². The Labute approximate surface area is 167 Å². The van der Waals surface area contributed by atoms with Gasteiger partial charge in [-0.25, -0.2) is 0 Å². The predicted molar refractivity (Wildman–Crippen MR) is 108 cm³/mol. The van der Waals surface area contributed by atoms with Gasteiger partial charge in [0.15, 0.2) is 5.82 Å². The summed E-state index contributed by atoms with van der Waals surface area (Å²) in [5, 5.41) is 17.5. The number of hydrogen-bond donors (Lipinski definition) is 1. The zero-order chi connectivity index (χ0) is 20.0. The fourth-order valence-corrected chi connectivity index (χ4v) is 4.11. The van der Waals surface area contributed by atoms with Crippen LogP contribution in [0.1, 0.15) is 39.9 Å². The molecule has 0 bridgehead atoms. The number of fused-ring (bicyclic) bond motifs is 2. The van der Waals surface area contributed by atoms with E-state index in [9.17, 15) is 4.79 Å². The molecule has 29 heavy (non-hydrogen) atoms. The second kappa shape index (κ2) is 6.84. The molecule has 3 heterocycles. The summed E-state index contributed by atoms with van der Waals surface area (Å²) >= 11 is 0. The Morgan fingerprint density at radius 2 is 2.10 bits per heavy atom. The van der Waals surface area contributed by atoms with Crippen LogP contribution in [0.2, 0.25) is 0 Å². The molecule has 1 N–H and O–H groups in total. The van der Waals surface area contributed by atoms with Crippen molar-refractivity contribution in [2.75, 3.05) is 0 Å². The molecule has 1 aliphatic rings. The number of nitrogens with one attached hydrogen (secondary N) is 1. The van der Waals surface area contributed by atoms with Crippen molar-refractivity contribution in [3.8, 4) is 11.1 Å². The third kappa shape index (κ3) is 2.99. The van der Waals surface area contributed by atoms with E-state index in [1.54, 1.807) is 0 Å². The Morgan fingerprint density at radius 1 is 1.21 bits per heavy atom. The van der Waals surface area contributed by atoms with Crippen LogP contribution in [0, 0.1) is 13.8 Å². The third-order valence-corrected chi connectivity index (χ3v) is 5.54. The summed E-state index contributed by atoms with van der Waals surface area (Å²) in [4.78, 5) is 12.7. The van der Waals surface area contributed by atoms with E-state index in [-0.39, 0.29) is 5.91 Å². The van der Waals surface area contributed by atoms with Gasteiger partial charge >= 0.3 is 0 Å². The van der Waals surface area contributed by atoms with Crippen LogP contribution in [0.4, 0.5) is 0 Å². The Kier molecular flexibility index (Phi) is 4.16. The molecule has 0 fully saturated rings. The fraction of sp³-hybridized carbons (Fsp3) is 0.273. The van der Waals surface area contributed by atoms with Crippen LogP contribution < -0.4 is 5.32 Å². The highest BCUT2D eigenvalue weighted by molar-refractivity contribution is 6.03. The van der Waals surface area contributed by atoms with E-state index >= 15 is 0 Å². The van der Waals surface area contributed by atoms with Crippen LogP contribution in [0.5, 0.6) is 0 Å². The smallest absolute Gasteiger partial charge is 0.251 e. The summed E-state index contributed by atoms with van der Waals surface area (Å²) in [5.74, 6) is 2.49. The minimum absolute atomic E-state index is 0.120. The number of aromatic nitrogens is 4. The highest BCUT2D eigenvalue weighted by atomic mass is 16.5. The topological polar surface area (TPSA) is 85.8 Å². The molecule has 0 unspecified atom stereocenters. The lowest BCUT2D eigenvalue weighted by atomic mass is 9.96. The summed E-state index contributed by atoms with van der Waals surface area (Å²) in [6, 6.07) is 11.8. The molecular formula is C22H21N5O2. The van der Waals surface area contributed by atoms with Gasteiger partial charge in [-0.05, 0) is 48.7 Å². The molecule has 0 aliphatic carbocycles. The molecule has 7 nitrogen and oxygen atoms in total. The average molecular weight is 387 g/mol. The summed E-state index contributed by atoms with van der Waals surface area (Å²) in [7, 11) is 0. The number of carbonyl (C=O) groups is 1. The van der Waals surface area contributed by atoms with Gasteiger partial charge in [0.05, 0.1) is 12.2 Å². The zero-order valence-electron chi connectivity index (χ0n) is 16.4. The van der Waals surface area contributed by atoms with Gasteiger partial charge in [0.2, 0.25) is 0 Å². The maximum Gasteiger partial charge on any atom is 0.251 e. The normalized spacial score (nSPS) is 13.0. The van der Waals surface area contributed by atoms with E-state index in [2.05, 4.69) is 31.3 Å². The van der Waals surface area contributed by atoms with Gasteiger partial charge < -0.3 is 14.4 Å². The van der Waals surface area contributed by atoms with Crippen molar-refractivity contribution in [1.82, 2.24) is 25.2 Å². The van der Waals surface area contributed by atoms with Crippen LogP contribution in [-0.4, -0.2) is 25.8 Å². The second-order valence-corrected chi connectivity index (χ2v) is 7.41. The lowest BCUT2D eigenvalue weighted by Crippen LogP contribution is -2.24. The molecule has 1 aliphatic heterocycles. The lowest BCUT2D eigenvalue weighted by Gasteiger charge is -2.09. The number of aryl methyl sites for hydroxylation is 3. The first-order valence-electron chi connectivity index (χ1n) is 9.77. The molecule has 5 rings (SSSR count). The van der Waals surface area contributed by atoms with Crippen LogP contribution >= 0.6 is 0 Å². The molecule has 0 saturated heterocycles. The lowest BCUT2D eigenvalue weighted by molar-refractivity contribution is 0.0949. The first-order chi connectivity index (χ1) is 14.1. The maximum absolute atomic E-state index is 12.7. The van der Waals surface area contributed by atoms with Crippen molar-refractivity contribution < 1.29 is 9.32 Å². The van der Waals surface area contributed by atoms with E-state index in [1.165, 1.54) is 0 Å². The molecule has 0 atom stereocenters. The van der Waals surface area contributed by atoms with E-state index < -0.39 is 0 Å². The van der Waals surface area contributed by atoms with E-state index in [0.717, 1.165) is 64.4 Å². The first kappa shape index (κ1) is 17.6. The zero-order valence-corrected chi connectivity index (χ0v) is 16.4. The number of carbonyl (C=O) groups excluding carboxylic acids is 1. The predicted octanol–water partition coefficient (Wildman–Crippen LogP) is 3.58. The molecule has 0 spiro atoms. The maximum atomic E-state index is 12.7. The largest absolute Gasteiger partial charge is 0.361 e. The Bertz CT molecular complexity index is 1220. The number of nitrogens with zero attached hydrogens (tertiary/aromatic N) is 4. The SMILES string of the molecule is Cc1noc(C)c1-c1cccc2cc(C(=O)NCc3nnc4n3CCC4)ccc12. The minimum atomic E-state index is -0.120.